The summed E-state index contributed by atoms with van der Waals surface area (Å²) in [6.07, 6.45) is 0. The molecular formula is C11H14N2O2. The van der Waals surface area contributed by atoms with Gasteiger partial charge in [0.25, 0.3) is 0 Å². The van der Waals surface area contributed by atoms with Gasteiger partial charge in [0.2, 0.25) is 0 Å². The smallest absolute Gasteiger partial charge is 0.408 e. The first kappa shape index (κ1) is 9.98. The first-order valence-electron chi connectivity index (χ1n) is 4.96. The molecule has 0 aliphatic rings. The summed E-state index contributed by atoms with van der Waals surface area (Å²) >= 11 is 0. The third-order valence-corrected chi connectivity index (χ3v) is 2.55. The summed E-state index contributed by atoms with van der Waals surface area (Å²) < 4.78 is 4.97. The number of nitrogens with one attached hydrogen (secondary N) is 1. The molecule has 0 amide bonds. The van der Waals surface area contributed by atoms with Gasteiger partial charge in [0, 0.05) is 6.04 Å². The zero-order valence-electron chi connectivity index (χ0n) is 8.78. The summed E-state index contributed by atoms with van der Waals surface area (Å²) in [5.41, 5.74) is 8.26. The van der Waals surface area contributed by atoms with Crippen molar-refractivity contribution in [1.82, 2.24) is 4.98 Å². The molecule has 1 aromatic heterocycles. The maximum absolute atomic E-state index is 11.0. The Bertz CT molecular complexity index is 525. The molecule has 4 nitrogen and oxygen atoms in total. The Labute approximate surface area is 87.1 Å². The van der Waals surface area contributed by atoms with Crippen LogP contribution in [-0.2, 0) is 0 Å². The Balaban J connectivity index is 2.50. The van der Waals surface area contributed by atoms with Gasteiger partial charge in [-0.15, -0.1) is 0 Å². The van der Waals surface area contributed by atoms with Gasteiger partial charge in [0.15, 0.2) is 5.58 Å². The fraction of sp³-hybridized carbons (Fsp3) is 0.364. The molecule has 1 atom stereocenters. The zero-order valence-corrected chi connectivity index (χ0v) is 8.78. The van der Waals surface area contributed by atoms with Gasteiger partial charge < -0.3 is 10.2 Å². The van der Waals surface area contributed by atoms with Crippen LogP contribution in [-0.4, -0.2) is 4.98 Å². The summed E-state index contributed by atoms with van der Waals surface area (Å²) in [5.74, 6) is -0.0756. The Kier molecular flexibility index (Phi) is 2.36. The number of aromatic nitrogens is 1. The first-order valence-corrected chi connectivity index (χ1v) is 4.96. The van der Waals surface area contributed by atoms with Crippen LogP contribution in [0.15, 0.2) is 27.4 Å². The Morgan fingerprint density at radius 2 is 2.13 bits per heavy atom. The van der Waals surface area contributed by atoms with Crippen LogP contribution in [0.3, 0.4) is 0 Å². The number of rotatable bonds is 2. The van der Waals surface area contributed by atoms with Gasteiger partial charge in [0.1, 0.15) is 0 Å². The number of hydrogen-bond donors (Lipinski definition) is 2. The summed E-state index contributed by atoms with van der Waals surface area (Å²) in [4.78, 5) is 13.5. The van der Waals surface area contributed by atoms with Gasteiger partial charge in [-0.1, -0.05) is 19.9 Å². The minimum absolute atomic E-state index is 0.0328. The minimum Gasteiger partial charge on any atom is -0.408 e. The molecule has 0 aliphatic carbocycles. The fourth-order valence-electron chi connectivity index (χ4n) is 1.55. The molecule has 3 N–H and O–H groups in total. The quantitative estimate of drug-likeness (QED) is 0.786. The predicted molar refractivity (Wildman–Crippen MR) is 58.6 cm³/mol. The molecule has 2 rings (SSSR count). The number of aromatic amines is 1. The number of nitrogens with two attached hydrogens (primary N) is 1. The lowest BCUT2D eigenvalue weighted by molar-refractivity contribution is 0.512. The lowest BCUT2D eigenvalue weighted by Gasteiger charge is -2.15. The van der Waals surface area contributed by atoms with E-state index in [4.69, 9.17) is 10.2 Å². The van der Waals surface area contributed by atoms with Crippen LogP contribution < -0.4 is 11.5 Å². The van der Waals surface area contributed by atoms with E-state index in [2.05, 4.69) is 18.8 Å². The van der Waals surface area contributed by atoms with Crippen molar-refractivity contribution in [1.29, 1.82) is 0 Å². The number of benzene rings is 1. The summed E-state index contributed by atoms with van der Waals surface area (Å²) in [5, 5.41) is 0. The topological polar surface area (TPSA) is 72.0 Å². The highest BCUT2D eigenvalue weighted by molar-refractivity contribution is 5.72. The monoisotopic (exact) mass is 206 g/mol. The molecule has 1 aromatic carbocycles. The summed E-state index contributed by atoms with van der Waals surface area (Å²) in [7, 11) is 0. The highest BCUT2D eigenvalue weighted by atomic mass is 16.4. The van der Waals surface area contributed by atoms with Crippen molar-refractivity contribution in [2.24, 2.45) is 11.7 Å². The minimum atomic E-state index is -0.430. The molecule has 2 aromatic rings. The lowest BCUT2D eigenvalue weighted by atomic mass is 9.97. The molecule has 15 heavy (non-hydrogen) atoms. The molecular weight excluding hydrogens is 192 g/mol. The maximum atomic E-state index is 11.0. The molecule has 1 heterocycles. The average molecular weight is 206 g/mol. The second kappa shape index (κ2) is 3.55. The summed E-state index contributed by atoms with van der Waals surface area (Å²) in [6, 6.07) is 5.52. The number of H-pyrrole nitrogens is 1. The average Bonchev–Trinajstić information content (AvgIpc) is 2.55. The summed E-state index contributed by atoms with van der Waals surface area (Å²) in [6.45, 7) is 4.12. The van der Waals surface area contributed by atoms with Crippen molar-refractivity contribution < 1.29 is 4.42 Å². The number of oxazole rings is 1. The van der Waals surface area contributed by atoms with Gasteiger partial charge in [-0.2, -0.15) is 0 Å². The van der Waals surface area contributed by atoms with Crippen LogP contribution in [0.5, 0.6) is 0 Å². The van der Waals surface area contributed by atoms with Crippen LogP contribution >= 0.6 is 0 Å². The van der Waals surface area contributed by atoms with Crippen molar-refractivity contribution in [2.75, 3.05) is 0 Å². The highest BCUT2D eigenvalue weighted by Gasteiger charge is 2.11. The van der Waals surface area contributed by atoms with Crippen molar-refractivity contribution in [3.05, 3.63) is 34.3 Å². The molecule has 0 aliphatic heterocycles. The van der Waals surface area contributed by atoms with Gasteiger partial charge >= 0.3 is 5.76 Å². The highest BCUT2D eigenvalue weighted by Crippen LogP contribution is 2.21. The fourth-order valence-corrected chi connectivity index (χ4v) is 1.55. The number of hydrogen-bond acceptors (Lipinski definition) is 3. The van der Waals surface area contributed by atoms with E-state index >= 15 is 0 Å². The van der Waals surface area contributed by atoms with Crippen LogP contribution in [0.2, 0.25) is 0 Å². The molecule has 0 bridgehead atoms. The number of fused-ring (bicyclic) bond motifs is 1. The third-order valence-electron chi connectivity index (χ3n) is 2.55. The van der Waals surface area contributed by atoms with E-state index in [-0.39, 0.29) is 6.04 Å². The second-order valence-corrected chi connectivity index (χ2v) is 4.04. The van der Waals surface area contributed by atoms with Crippen molar-refractivity contribution >= 4 is 11.1 Å². The van der Waals surface area contributed by atoms with Crippen LogP contribution in [0, 0.1) is 5.92 Å². The zero-order chi connectivity index (χ0) is 11.0. The van der Waals surface area contributed by atoms with Crippen LogP contribution in [0.25, 0.3) is 11.1 Å². The Hall–Kier alpha value is -1.55. The van der Waals surface area contributed by atoms with E-state index in [0.29, 0.717) is 17.0 Å². The lowest BCUT2D eigenvalue weighted by Crippen LogP contribution is -2.16. The molecule has 0 unspecified atom stereocenters. The van der Waals surface area contributed by atoms with Gasteiger partial charge in [-0.3, -0.25) is 4.98 Å². The molecule has 80 valence electrons. The van der Waals surface area contributed by atoms with Crippen molar-refractivity contribution in [2.45, 2.75) is 19.9 Å². The van der Waals surface area contributed by atoms with Crippen molar-refractivity contribution in [3.8, 4) is 0 Å². The van der Waals surface area contributed by atoms with E-state index in [1.165, 1.54) is 0 Å². The largest absolute Gasteiger partial charge is 0.417 e. The van der Waals surface area contributed by atoms with E-state index in [1.54, 1.807) is 0 Å². The van der Waals surface area contributed by atoms with Gasteiger partial charge in [-0.05, 0) is 23.6 Å². The molecule has 0 radical (unpaired) electrons. The molecule has 0 saturated carbocycles. The molecule has 0 saturated heterocycles. The Morgan fingerprint density at radius 3 is 2.80 bits per heavy atom. The van der Waals surface area contributed by atoms with Crippen LogP contribution in [0.4, 0.5) is 0 Å². The molecule has 0 fully saturated rings. The SMILES string of the molecule is CC(C)[C@@H](N)c1ccc2[nH]c(=O)oc2c1. The second-order valence-electron chi connectivity index (χ2n) is 4.04. The standard InChI is InChI=1S/C11H14N2O2/c1-6(2)10(12)7-3-4-8-9(5-7)15-11(14)13-8/h3-6,10H,12H2,1-2H3,(H,13,14)/t10-/m1/s1. The predicted octanol–water partition coefficient (Wildman–Crippen LogP) is 1.78. The van der Waals surface area contributed by atoms with E-state index in [9.17, 15) is 4.79 Å². The first-order chi connectivity index (χ1) is 7.08. The molecule has 4 heteroatoms. The van der Waals surface area contributed by atoms with E-state index < -0.39 is 5.76 Å². The van der Waals surface area contributed by atoms with Gasteiger partial charge in [-0.25, -0.2) is 4.79 Å². The Morgan fingerprint density at radius 1 is 1.40 bits per heavy atom. The van der Waals surface area contributed by atoms with E-state index in [0.717, 1.165) is 5.56 Å². The molecule has 0 spiro atoms. The van der Waals surface area contributed by atoms with Crippen molar-refractivity contribution in [3.63, 3.8) is 0 Å². The third kappa shape index (κ3) is 1.80. The maximum Gasteiger partial charge on any atom is 0.417 e. The normalized spacial score (nSPS) is 13.6. The van der Waals surface area contributed by atoms with Crippen LogP contribution in [0.1, 0.15) is 25.5 Å². The van der Waals surface area contributed by atoms with Gasteiger partial charge in [0.05, 0.1) is 5.52 Å². The van der Waals surface area contributed by atoms with E-state index in [1.807, 2.05) is 18.2 Å².